The smallest absolute Gasteiger partial charge is 0.338 e. The third kappa shape index (κ3) is 2.71. The molecule has 4 rings (SSSR count). The Morgan fingerprint density at radius 2 is 1.81 bits per heavy atom. The van der Waals surface area contributed by atoms with Gasteiger partial charge in [-0.05, 0) is 38.3 Å². The summed E-state index contributed by atoms with van der Waals surface area (Å²) in [7, 11) is 0. The Kier molecular flexibility index (Phi) is 4.11. The largest absolute Gasteiger partial charge is 0.478 e. The van der Waals surface area contributed by atoms with Crippen molar-refractivity contribution in [1.82, 2.24) is 4.98 Å². The topological polar surface area (TPSA) is 53.4 Å². The number of carboxylic acid groups (broad SMARTS) is 1. The summed E-state index contributed by atoms with van der Waals surface area (Å²) in [6.07, 6.45) is 2.16. The lowest BCUT2D eigenvalue weighted by molar-refractivity contribution is 0.0699. The van der Waals surface area contributed by atoms with Crippen molar-refractivity contribution in [3.05, 3.63) is 59.2 Å². The van der Waals surface area contributed by atoms with Crippen LogP contribution in [0.3, 0.4) is 0 Å². The number of carbonyl (C=O) groups is 1. The Hall–Kier alpha value is -2.88. The van der Waals surface area contributed by atoms with Crippen LogP contribution in [0.5, 0.6) is 0 Å². The summed E-state index contributed by atoms with van der Waals surface area (Å²) >= 11 is 0. The number of aromatic nitrogens is 1. The summed E-state index contributed by atoms with van der Waals surface area (Å²) in [5.74, 6) is -0.892. The van der Waals surface area contributed by atoms with Crippen LogP contribution in [0.15, 0.2) is 42.5 Å². The Bertz CT molecular complexity index is 1000. The molecular weight excluding hydrogens is 324 g/mol. The normalized spacial score (nSPS) is 14.2. The van der Waals surface area contributed by atoms with Crippen LogP contribution in [-0.2, 0) is 0 Å². The van der Waals surface area contributed by atoms with Crippen LogP contribution in [0.4, 0.5) is 5.69 Å². The van der Waals surface area contributed by atoms with E-state index in [1.54, 1.807) is 0 Å². The molecule has 2 aromatic carbocycles. The Morgan fingerprint density at radius 3 is 2.50 bits per heavy atom. The molecule has 0 bridgehead atoms. The van der Waals surface area contributed by atoms with E-state index in [1.165, 1.54) is 5.56 Å². The molecule has 26 heavy (non-hydrogen) atoms. The lowest BCUT2D eigenvalue weighted by Gasteiger charge is -2.25. The van der Waals surface area contributed by atoms with E-state index >= 15 is 0 Å². The van der Waals surface area contributed by atoms with Crippen molar-refractivity contribution in [3.63, 3.8) is 0 Å². The molecule has 0 atom stereocenters. The summed E-state index contributed by atoms with van der Waals surface area (Å²) < 4.78 is 0. The Labute approximate surface area is 153 Å². The first-order chi connectivity index (χ1) is 12.6. The third-order valence-corrected chi connectivity index (χ3v) is 5.14. The van der Waals surface area contributed by atoms with Gasteiger partial charge in [0.25, 0.3) is 0 Å². The minimum atomic E-state index is -0.892. The molecule has 132 valence electrons. The predicted octanol–water partition coefficient (Wildman–Crippen LogP) is 4.82. The number of hydrogen-bond donors (Lipinski definition) is 1. The minimum absolute atomic E-state index is 0.368. The fourth-order valence-corrected chi connectivity index (χ4v) is 3.93. The van der Waals surface area contributed by atoms with Crippen LogP contribution < -0.4 is 4.90 Å². The number of aromatic carboxylic acids is 1. The highest BCUT2D eigenvalue weighted by Gasteiger charge is 2.27. The van der Waals surface area contributed by atoms with Crippen molar-refractivity contribution in [2.45, 2.75) is 26.7 Å². The number of nitrogens with zero attached hydrogens (tertiary/aromatic N) is 2. The molecule has 0 radical (unpaired) electrons. The molecule has 2 heterocycles. The number of fused-ring (bicyclic) bond motifs is 1. The summed E-state index contributed by atoms with van der Waals surface area (Å²) in [5.41, 5.74) is 5.94. The average molecular weight is 346 g/mol. The molecule has 0 unspecified atom stereocenters. The maximum Gasteiger partial charge on any atom is 0.338 e. The molecule has 0 spiro atoms. The van der Waals surface area contributed by atoms with Crippen LogP contribution in [0.1, 0.15) is 34.3 Å². The minimum Gasteiger partial charge on any atom is -0.478 e. The number of benzene rings is 2. The summed E-state index contributed by atoms with van der Waals surface area (Å²) in [6, 6.07) is 13.8. The van der Waals surface area contributed by atoms with Crippen LogP contribution in [-0.4, -0.2) is 29.1 Å². The standard InChI is InChI=1S/C22H22N2O2/c1-14-9-10-16(15(2)13-14)20-21(24-11-5-6-12-24)19(22(25)26)17-7-3-4-8-18(17)23-20/h3-4,7-10,13H,5-6,11-12H2,1-2H3,(H,25,26). The summed E-state index contributed by atoms with van der Waals surface area (Å²) in [6.45, 7) is 5.87. The zero-order chi connectivity index (χ0) is 18.3. The van der Waals surface area contributed by atoms with E-state index in [2.05, 4.69) is 36.9 Å². The average Bonchev–Trinajstić information content (AvgIpc) is 3.14. The first-order valence-electron chi connectivity index (χ1n) is 9.05. The summed E-state index contributed by atoms with van der Waals surface area (Å²) in [5, 5.41) is 10.8. The summed E-state index contributed by atoms with van der Waals surface area (Å²) in [4.78, 5) is 19.4. The molecule has 1 aliphatic rings. The van der Waals surface area contributed by atoms with Crippen LogP contribution >= 0.6 is 0 Å². The van der Waals surface area contributed by atoms with E-state index in [4.69, 9.17) is 4.98 Å². The van der Waals surface area contributed by atoms with Gasteiger partial charge in [-0.25, -0.2) is 9.78 Å². The van der Waals surface area contributed by atoms with E-state index in [0.29, 0.717) is 10.9 Å². The second-order valence-electron chi connectivity index (χ2n) is 7.02. The van der Waals surface area contributed by atoms with Gasteiger partial charge < -0.3 is 10.0 Å². The van der Waals surface area contributed by atoms with Gasteiger partial charge in [-0.2, -0.15) is 0 Å². The van der Waals surface area contributed by atoms with E-state index in [1.807, 2.05) is 24.3 Å². The van der Waals surface area contributed by atoms with Gasteiger partial charge in [0.15, 0.2) is 0 Å². The lowest BCUT2D eigenvalue weighted by atomic mass is 9.96. The fourth-order valence-electron chi connectivity index (χ4n) is 3.93. The maximum absolute atomic E-state index is 12.3. The van der Waals surface area contributed by atoms with Crippen molar-refractivity contribution >= 4 is 22.6 Å². The van der Waals surface area contributed by atoms with E-state index in [9.17, 15) is 9.90 Å². The highest BCUT2D eigenvalue weighted by Crippen LogP contribution is 2.39. The lowest BCUT2D eigenvalue weighted by Crippen LogP contribution is -2.22. The Morgan fingerprint density at radius 1 is 1.08 bits per heavy atom. The highest BCUT2D eigenvalue weighted by atomic mass is 16.4. The van der Waals surface area contributed by atoms with Crippen molar-refractivity contribution in [3.8, 4) is 11.3 Å². The first-order valence-corrected chi connectivity index (χ1v) is 9.05. The van der Waals surface area contributed by atoms with Crippen LogP contribution in [0, 0.1) is 13.8 Å². The number of carboxylic acids is 1. The molecule has 3 aromatic rings. The number of aryl methyl sites for hydroxylation is 2. The number of pyridine rings is 1. The van der Waals surface area contributed by atoms with Gasteiger partial charge in [0.05, 0.1) is 22.5 Å². The molecule has 0 aliphatic carbocycles. The van der Waals surface area contributed by atoms with Crippen LogP contribution in [0.2, 0.25) is 0 Å². The number of para-hydroxylation sites is 1. The molecule has 1 aliphatic heterocycles. The monoisotopic (exact) mass is 346 g/mol. The SMILES string of the molecule is Cc1ccc(-c2nc3ccccc3c(C(=O)O)c2N2CCCC2)c(C)c1. The van der Waals surface area contributed by atoms with Crippen molar-refractivity contribution in [1.29, 1.82) is 0 Å². The van der Waals surface area contributed by atoms with Crippen molar-refractivity contribution < 1.29 is 9.90 Å². The molecule has 1 fully saturated rings. The maximum atomic E-state index is 12.3. The third-order valence-electron chi connectivity index (χ3n) is 5.14. The Balaban J connectivity index is 2.10. The van der Waals surface area contributed by atoms with E-state index < -0.39 is 5.97 Å². The van der Waals surface area contributed by atoms with Gasteiger partial charge in [0, 0.05) is 24.0 Å². The zero-order valence-electron chi connectivity index (χ0n) is 15.1. The quantitative estimate of drug-likeness (QED) is 0.739. The van der Waals surface area contributed by atoms with Crippen molar-refractivity contribution in [2.75, 3.05) is 18.0 Å². The molecule has 1 saturated heterocycles. The van der Waals surface area contributed by atoms with Gasteiger partial charge >= 0.3 is 5.97 Å². The number of hydrogen-bond acceptors (Lipinski definition) is 3. The van der Waals surface area contributed by atoms with Gasteiger partial charge in [-0.1, -0.05) is 42.0 Å². The number of anilines is 1. The van der Waals surface area contributed by atoms with E-state index in [0.717, 1.165) is 54.0 Å². The fraction of sp³-hybridized carbons (Fsp3) is 0.273. The number of rotatable bonds is 3. The van der Waals surface area contributed by atoms with Gasteiger partial charge in [0.2, 0.25) is 0 Å². The zero-order valence-corrected chi connectivity index (χ0v) is 15.1. The molecular formula is C22H22N2O2. The van der Waals surface area contributed by atoms with Gasteiger partial charge in [-0.15, -0.1) is 0 Å². The second kappa shape index (κ2) is 6.45. The van der Waals surface area contributed by atoms with Crippen LogP contribution in [0.25, 0.3) is 22.2 Å². The van der Waals surface area contributed by atoms with E-state index in [-0.39, 0.29) is 0 Å². The molecule has 1 N–H and O–H groups in total. The molecule has 4 heteroatoms. The molecule has 4 nitrogen and oxygen atoms in total. The van der Waals surface area contributed by atoms with Gasteiger partial charge in [-0.3, -0.25) is 0 Å². The molecule has 0 saturated carbocycles. The first kappa shape index (κ1) is 16.6. The predicted molar refractivity (Wildman–Crippen MR) is 105 cm³/mol. The molecule has 1 aromatic heterocycles. The van der Waals surface area contributed by atoms with Gasteiger partial charge in [0.1, 0.15) is 0 Å². The van der Waals surface area contributed by atoms with Crippen molar-refractivity contribution in [2.24, 2.45) is 0 Å². The second-order valence-corrected chi connectivity index (χ2v) is 7.02. The molecule has 0 amide bonds. The highest BCUT2D eigenvalue weighted by molar-refractivity contribution is 6.10.